The third kappa shape index (κ3) is 3.78. The Kier molecular flexibility index (Phi) is 4.79. The molecule has 0 heterocycles. The van der Waals surface area contributed by atoms with Crippen LogP contribution in [-0.2, 0) is 0 Å². The maximum Gasteiger partial charge on any atom is 0.126 e. The minimum atomic E-state index is -0.467. The molecule has 1 aromatic carbocycles. The number of rotatable bonds is 4. The average Bonchev–Trinajstić information content (AvgIpc) is 2.35. The lowest BCUT2D eigenvalue weighted by Gasteiger charge is -2.41. The van der Waals surface area contributed by atoms with Crippen LogP contribution < -0.4 is 5.32 Å². The fourth-order valence-corrected chi connectivity index (χ4v) is 3.39. The van der Waals surface area contributed by atoms with Gasteiger partial charge in [0.2, 0.25) is 0 Å². The van der Waals surface area contributed by atoms with Crippen molar-refractivity contribution >= 4 is 0 Å². The van der Waals surface area contributed by atoms with Crippen LogP contribution in [0.15, 0.2) is 18.2 Å². The van der Waals surface area contributed by atoms with Crippen LogP contribution in [0.2, 0.25) is 0 Å². The Bertz CT molecular complexity index is 436. The van der Waals surface area contributed by atoms with Gasteiger partial charge in [0.25, 0.3) is 0 Å². The predicted molar refractivity (Wildman–Crippen MR) is 78.8 cm³/mol. The molecule has 0 radical (unpaired) electrons. The highest BCUT2D eigenvalue weighted by molar-refractivity contribution is 5.24. The molecule has 1 saturated carbocycles. The van der Waals surface area contributed by atoms with Crippen LogP contribution in [0, 0.1) is 23.0 Å². The van der Waals surface area contributed by atoms with E-state index in [1.54, 1.807) is 0 Å². The van der Waals surface area contributed by atoms with Crippen LogP contribution in [0.5, 0.6) is 0 Å². The highest BCUT2D eigenvalue weighted by Gasteiger charge is 2.35. The van der Waals surface area contributed by atoms with Gasteiger partial charge in [0.05, 0.1) is 0 Å². The first-order valence-electron chi connectivity index (χ1n) is 7.58. The first kappa shape index (κ1) is 15.4. The monoisotopic (exact) mass is 281 g/mol. The highest BCUT2D eigenvalue weighted by Crippen LogP contribution is 2.46. The molecule has 1 aliphatic rings. The van der Waals surface area contributed by atoms with E-state index in [9.17, 15) is 8.78 Å². The summed E-state index contributed by atoms with van der Waals surface area (Å²) in [5.41, 5.74) is 1.06. The van der Waals surface area contributed by atoms with Gasteiger partial charge in [0, 0.05) is 6.07 Å². The van der Waals surface area contributed by atoms with Gasteiger partial charge in [-0.25, -0.2) is 8.78 Å². The first-order valence-corrected chi connectivity index (χ1v) is 7.58. The third-order valence-corrected chi connectivity index (χ3v) is 4.50. The number of halogens is 2. The van der Waals surface area contributed by atoms with Crippen molar-refractivity contribution in [1.82, 2.24) is 5.32 Å². The second kappa shape index (κ2) is 6.21. The molecule has 20 heavy (non-hydrogen) atoms. The fraction of sp³-hybridized carbons (Fsp3) is 0.647. The quantitative estimate of drug-likeness (QED) is 0.857. The summed E-state index contributed by atoms with van der Waals surface area (Å²) in [7, 11) is 0. The normalized spacial score (nSPS) is 25.6. The van der Waals surface area contributed by atoms with Crippen molar-refractivity contribution in [2.75, 3.05) is 13.1 Å². The van der Waals surface area contributed by atoms with Gasteiger partial charge >= 0.3 is 0 Å². The summed E-state index contributed by atoms with van der Waals surface area (Å²) < 4.78 is 27.0. The van der Waals surface area contributed by atoms with Crippen molar-refractivity contribution in [2.45, 2.75) is 46.0 Å². The lowest BCUT2D eigenvalue weighted by molar-refractivity contribution is 0.159. The minimum Gasteiger partial charge on any atom is -0.317 e. The summed E-state index contributed by atoms with van der Waals surface area (Å²) in [5.74, 6) is -0.233. The van der Waals surface area contributed by atoms with E-state index >= 15 is 0 Å². The smallest absolute Gasteiger partial charge is 0.126 e. The molecule has 1 aliphatic carbocycles. The Labute approximate surface area is 120 Å². The van der Waals surface area contributed by atoms with E-state index in [-0.39, 0.29) is 11.3 Å². The second-order valence-corrected chi connectivity index (χ2v) is 6.78. The Balaban J connectivity index is 2.25. The van der Waals surface area contributed by atoms with Gasteiger partial charge < -0.3 is 5.32 Å². The van der Waals surface area contributed by atoms with E-state index in [0.717, 1.165) is 37.6 Å². The van der Waals surface area contributed by atoms with E-state index in [0.29, 0.717) is 5.92 Å². The molecule has 0 saturated heterocycles. The summed E-state index contributed by atoms with van der Waals surface area (Å²) in [6.07, 6.45) is 3.28. The second-order valence-electron chi connectivity index (χ2n) is 6.78. The van der Waals surface area contributed by atoms with Crippen LogP contribution in [0.1, 0.15) is 51.5 Å². The largest absolute Gasteiger partial charge is 0.317 e. The molecule has 0 bridgehead atoms. The number of hydrogen-bond donors (Lipinski definition) is 1. The zero-order chi connectivity index (χ0) is 14.8. The van der Waals surface area contributed by atoms with Crippen LogP contribution in [0.25, 0.3) is 0 Å². The molecule has 1 nitrogen and oxygen atoms in total. The van der Waals surface area contributed by atoms with Crippen LogP contribution in [0.4, 0.5) is 8.78 Å². The minimum absolute atomic E-state index is 0.239. The van der Waals surface area contributed by atoms with Crippen LogP contribution >= 0.6 is 0 Å². The Hall–Kier alpha value is -0.960. The standard InChI is InChI=1S/C17H25F2N/c1-4-20-11-12-5-6-17(2,3)10-16(12)13-7-14(18)9-15(19)8-13/h7-9,12,16,20H,4-6,10-11H2,1-3H3. The molecule has 2 rings (SSSR count). The number of hydrogen-bond acceptors (Lipinski definition) is 1. The molecule has 0 spiro atoms. The Morgan fingerprint density at radius 3 is 2.45 bits per heavy atom. The summed E-state index contributed by atoms with van der Waals surface area (Å²) >= 11 is 0. The Morgan fingerprint density at radius 1 is 1.20 bits per heavy atom. The molecule has 1 fully saturated rings. The van der Waals surface area contributed by atoms with E-state index in [2.05, 4.69) is 26.1 Å². The number of nitrogens with one attached hydrogen (secondary N) is 1. The molecule has 0 amide bonds. The Morgan fingerprint density at radius 2 is 1.85 bits per heavy atom. The van der Waals surface area contributed by atoms with Crippen molar-refractivity contribution in [1.29, 1.82) is 0 Å². The summed E-state index contributed by atoms with van der Waals surface area (Å²) in [4.78, 5) is 0. The molecule has 3 heteroatoms. The van der Waals surface area contributed by atoms with Gasteiger partial charge in [0.1, 0.15) is 11.6 Å². The molecule has 0 aromatic heterocycles. The molecular formula is C17H25F2N. The third-order valence-electron chi connectivity index (χ3n) is 4.50. The van der Waals surface area contributed by atoms with Gasteiger partial charge in [-0.05, 0) is 67.3 Å². The molecular weight excluding hydrogens is 256 g/mol. The van der Waals surface area contributed by atoms with Crippen LogP contribution in [0.3, 0.4) is 0 Å². The van der Waals surface area contributed by atoms with Gasteiger partial charge in [-0.2, -0.15) is 0 Å². The first-order chi connectivity index (χ1) is 9.41. The van der Waals surface area contributed by atoms with E-state index in [4.69, 9.17) is 0 Å². The van der Waals surface area contributed by atoms with Gasteiger partial charge in [-0.15, -0.1) is 0 Å². The van der Waals surface area contributed by atoms with Crippen molar-refractivity contribution in [3.05, 3.63) is 35.4 Å². The summed E-state index contributed by atoms with van der Waals surface area (Å²) in [6, 6.07) is 3.97. The zero-order valence-electron chi connectivity index (χ0n) is 12.7. The zero-order valence-corrected chi connectivity index (χ0v) is 12.7. The van der Waals surface area contributed by atoms with Crippen molar-refractivity contribution in [2.24, 2.45) is 11.3 Å². The van der Waals surface area contributed by atoms with E-state index in [1.807, 2.05) is 0 Å². The highest BCUT2D eigenvalue weighted by atomic mass is 19.1. The van der Waals surface area contributed by atoms with Crippen LogP contribution in [-0.4, -0.2) is 13.1 Å². The molecule has 1 N–H and O–H groups in total. The van der Waals surface area contributed by atoms with E-state index in [1.165, 1.54) is 18.6 Å². The maximum absolute atomic E-state index is 13.5. The SMILES string of the molecule is CCNCC1CCC(C)(C)CC1c1cc(F)cc(F)c1. The fourth-order valence-electron chi connectivity index (χ4n) is 3.39. The predicted octanol–water partition coefficient (Wildman–Crippen LogP) is 4.48. The molecule has 1 aromatic rings. The van der Waals surface area contributed by atoms with Gasteiger partial charge in [0.15, 0.2) is 0 Å². The molecule has 2 unspecified atom stereocenters. The van der Waals surface area contributed by atoms with Crippen molar-refractivity contribution in [3.63, 3.8) is 0 Å². The lowest BCUT2D eigenvalue weighted by atomic mass is 9.65. The summed E-state index contributed by atoms with van der Waals surface area (Å²) in [5, 5.41) is 3.39. The van der Waals surface area contributed by atoms with Gasteiger partial charge in [-0.1, -0.05) is 20.8 Å². The lowest BCUT2D eigenvalue weighted by Crippen LogP contribution is -2.34. The molecule has 112 valence electrons. The average molecular weight is 281 g/mol. The van der Waals surface area contributed by atoms with Crippen molar-refractivity contribution in [3.8, 4) is 0 Å². The van der Waals surface area contributed by atoms with Crippen molar-refractivity contribution < 1.29 is 8.78 Å². The van der Waals surface area contributed by atoms with E-state index < -0.39 is 11.6 Å². The topological polar surface area (TPSA) is 12.0 Å². The van der Waals surface area contributed by atoms with Gasteiger partial charge in [-0.3, -0.25) is 0 Å². The summed E-state index contributed by atoms with van der Waals surface area (Å²) in [6.45, 7) is 8.45. The maximum atomic E-state index is 13.5. The number of benzene rings is 1. The molecule has 2 atom stereocenters. The molecule has 0 aliphatic heterocycles.